The molecule has 0 saturated heterocycles. The van der Waals surface area contributed by atoms with E-state index in [1.54, 1.807) is 0 Å². The summed E-state index contributed by atoms with van der Waals surface area (Å²) in [6.45, 7) is 4.66. The van der Waals surface area contributed by atoms with Gasteiger partial charge in [0.05, 0.1) is 6.33 Å². The second kappa shape index (κ2) is 13.6. The van der Waals surface area contributed by atoms with Gasteiger partial charge in [-0.3, -0.25) is 0 Å². The van der Waals surface area contributed by atoms with E-state index in [9.17, 15) is 0 Å². The Hall–Kier alpha value is -1.57. The lowest BCUT2D eigenvalue weighted by molar-refractivity contribution is 0.528. The number of imidazole rings is 1. The number of rotatable bonds is 15. The number of hydrogen-bond donors (Lipinski definition) is 0. The first-order valence-electron chi connectivity index (χ1n) is 11.4. The Kier molecular flexibility index (Phi) is 10.9. The maximum absolute atomic E-state index is 4.20. The predicted octanol–water partition coefficient (Wildman–Crippen LogP) is 8.07. The van der Waals surface area contributed by atoms with Crippen molar-refractivity contribution in [2.75, 3.05) is 0 Å². The first kappa shape index (κ1) is 21.7. The van der Waals surface area contributed by atoms with E-state index in [-0.39, 0.29) is 0 Å². The number of unbranched alkanes of at least 4 members (excludes halogenated alkanes) is 11. The van der Waals surface area contributed by atoms with Crippen LogP contribution in [0.3, 0.4) is 0 Å². The SMILES string of the molecule is CCCCCCCCCCCCCC[C@H](C)c1ccccc1-n1ccnc1. The van der Waals surface area contributed by atoms with Crippen LogP contribution in [0.4, 0.5) is 0 Å². The Morgan fingerprint density at radius 2 is 1.41 bits per heavy atom. The summed E-state index contributed by atoms with van der Waals surface area (Å²) >= 11 is 0. The highest BCUT2D eigenvalue weighted by Gasteiger charge is 2.11. The Bertz CT molecular complexity index is 588. The third kappa shape index (κ3) is 8.32. The fraction of sp³-hybridized carbons (Fsp3) is 0.640. The summed E-state index contributed by atoms with van der Waals surface area (Å²) < 4.78 is 2.13. The molecule has 0 aliphatic rings. The van der Waals surface area contributed by atoms with Crippen molar-refractivity contribution in [3.8, 4) is 5.69 Å². The van der Waals surface area contributed by atoms with Gasteiger partial charge < -0.3 is 4.57 Å². The van der Waals surface area contributed by atoms with Gasteiger partial charge in [-0.05, 0) is 24.0 Å². The zero-order valence-corrected chi connectivity index (χ0v) is 17.7. The number of aromatic nitrogens is 2. The molecule has 1 atom stereocenters. The molecule has 0 spiro atoms. The van der Waals surface area contributed by atoms with Crippen LogP contribution in [0.15, 0.2) is 43.0 Å². The molecule has 2 nitrogen and oxygen atoms in total. The van der Waals surface area contributed by atoms with Crippen LogP contribution in [0.5, 0.6) is 0 Å². The van der Waals surface area contributed by atoms with Gasteiger partial charge in [-0.1, -0.05) is 109 Å². The van der Waals surface area contributed by atoms with Gasteiger partial charge in [0.15, 0.2) is 0 Å². The van der Waals surface area contributed by atoms with E-state index in [1.807, 2.05) is 18.7 Å². The minimum atomic E-state index is 0.603. The van der Waals surface area contributed by atoms with Gasteiger partial charge in [0.1, 0.15) is 0 Å². The second-order valence-corrected chi connectivity index (χ2v) is 8.11. The zero-order valence-electron chi connectivity index (χ0n) is 17.7. The van der Waals surface area contributed by atoms with Crippen molar-refractivity contribution in [2.45, 2.75) is 103 Å². The van der Waals surface area contributed by atoms with E-state index in [2.05, 4.69) is 47.7 Å². The maximum atomic E-state index is 4.20. The highest BCUT2D eigenvalue weighted by atomic mass is 15.0. The van der Waals surface area contributed by atoms with E-state index in [0.29, 0.717) is 5.92 Å². The monoisotopic (exact) mass is 368 g/mol. The van der Waals surface area contributed by atoms with Gasteiger partial charge in [0.2, 0.25) is 0 Å². The average Bonchev–Trinajstić information content (AvgIpc) is 3.23. The summed E-state index contributed by atoms with van der Waals surface area (Å²) in [6, 6.07) is 8.76. The molecule has 150 valence electrons. The summed E-state index contributed by atoms with van der Waals surface area (Å²) in [5.41, 5.74) is 2.72. The van der Waals surface area contributed by atoms with Crippen LogP contribution in [0.2, 0.25) is 0 Å². The zero-order chi connectivity index (χ0) is 19.2. The van der Waals surface area contributed by atoms with Crippen molar-refractivity contribution in [3.05, 3.63) is 48.5 Å². The molecule has 0 saturated carbocycles. The summed E-state index contributed by atoms with van der Waals surface area (Å²) in [5, 5.41) is 0. The van der Waals surface area contributed by atoms with Crippen molar-refractivity contribution in [2.24, 2.45) is 0 Å². The molecule has 0 amide bonds. The van der Waals surface area contributed by atoms with Crippen molar-refractivity contribution < 1.29 is 0 Å². The highest BCUT2D eigenvalue weighted by molar-refractivity contribution is 5.42. The summed E-state index contributed by atoms with van der Waals surface area (Å²) in [4.78, 5) is 4.20. The van der Waals surface area contributed by atoms with Gasteiger partial charge >= 0.3 is 0 Å². The van der Waals surface area contributed by atoms with Crippen LogP contribution in [0.1, 0.15) is 109 Å². The van der Waals surface area contributed by atoms with Crippen molar-refractivity contribution >= 4 is 0 Å². The molecule has 0 radical (unpaired) electrons. The van der Waals surface area contributed by atoms with Gasteiger partial charge in [0.25, 0.3) is 0 Å². The molecule has 0 aliphatic heterocycles. The van der Waals surface area contributed by atoms with Crippen LogP contribution in [0, 0.1) is 0 Å². The van der Waals surface area contributed by atoms with Crippen LogP contribution in [0.25, 0.3) is 5.69 Å². The summed E-state index contributed by atoms with van der Waals surface area (Å²) in [7, 11) is 0. The van der Waals surface area contributed by atoms with Gasteiger partial charge in [-0.15, -0.1) is 0 Å². The molecule has 1 aromatic heterocycles. The molecule has 0 aliphatic carbocycles. The summed E-state index contributed by atoms with van der Waals surface area (Å²) in [6.07, 6.45) is 24.1. The second-order valence-electron chi connectivity index (χ2n) is 8.11. The Balaban J connectivity index is 1.55. The van der Waals surface area contributed by atoms with Gasteiger partial charge in [-0.2, -0.15) is 0 Å². The average molecular weight is 369 g/mol. The van der Waals surface area contributed by atoms with Crippen molar-refractivity contribution in [3.63, 3.8) is 0 Å². The lowest BCUT2D eigenvalue weighted by Gasteiger charge is -2.17. The third-order valence-corrected chi connectivity index (χ3v) is 5.74. The first-order valence-corrected chi connectivity index (χ1v) is 11.4. The van der Waals surface area contributed by atoms with Gasteiger partial charge in [0, 0.05) is 18.1 Å². The van der Waals surface area contributed by atoms with Crippen LogP contribution < -0.4 is 0 Å². The Morgan fingerprint density at radius 1 is 0.815 bits per heavy atom. The van der Waals surface area contributed by atoms with E-state index < -0.39 is 0 Å². The molecule has 0 unspecified atom stereocenters. The van der Waals surface area contributed by atoms with E-state index in [4.69, 9.17) is 0 Å². The van der Waals surface area contributed by atoms with Gasteiger partial charge in [-0.25, -0.2) is 4.98 Å². The Morgan fingerprint density at radius 3 is 2.00 bits per heavy atom. The molecule has 2 rings (SSSR count). The molecule has 0 bridgehead atoms. The standard InChI is InChI=1S/C25H40N2/c1-3-4-5-6-7-8-9-10-11-12-13-14-17-23(2)24-18-15-16-19-25(24)27-21-20-26-22-27/h15-16,18-23H,3-14,17H2,1-2H3/t23-/m0/s1. The van der Waals surface area contributed by atoms with Crippen molar-refractivity contribution in [1.82, 2.24) is 9.55 Å². The number of para-hydroxylation sites is 1. The molecular formula is C25H40N2. The first-order chi connectivity index (χ1) is 13.3. The molecule has 1 aromatic carbocycles. The van der Waals surface area contributed by atoms with Crippen LogP contribution in [-0.2, 0) is 0 Å². The molecule has 0 fully saturated rings. The van der Waals surface area contributed by atoms with Crippen LogP contribution in [-0.4, -0.2) is 9.55 Å². The minimum absolute atomic E-state index is 0.603. The summed E-state index contributed by atoms with van der Waals surface area (Å²) in [5.74, 6) is 0.603. The predicted molar refractivity (Wildman–Crippen MR) is 118 cm³/mol. The quantitative estimate of drug-likeness (QED) is 0.291. The molecule has 2 aromatic rings. The van der Waals surface area contributed by atoms with E-state index in [0.717, 1.165) is 0 Å². The lowest BCUT2D eigenvalue weighted by atomic mass is 9.93. The Labute approximate surface area is 167 Å². The van der Waals surface area contributed by atoms with E-state index in [1.165, 1.54) is 94.7 Å². The number of benzene rings is 1. The molecular weight excluding hydrogens is 328 g/mol. The maximum Gasteiger partial charge on any atom is 0.0991 e. The van der Waals surface area contributed by atoms with Crippen molar-refractivity contribution in [1.29, 1.82) is 0 Å². The van der Waals surface area contributed by atoms with Crippen LogP contribution >= 0.6 is 0 Å². The molecule has 2 heteroatoms. The topological polar surface area (TPSA) is 17.8 Å². The molecule has 27 heavy (non-hydrogen) atoms. The normalized spacial score (nSPS) is 12.4. The van der Waals surface area contributed by atoms with E-state index >= 15 is 0 Å². The lowest BCUT2D eigenvalue weighted by Crippen LogP contribution is -2.01. The molecule has 0 N–H and O–H groups in total. The fourth-order valence-corrected chi connectivity index (χ4v) is 3.99. The third-order valence-electron chi connectivity index (χ3n) is 5.74. The molecule has 1 heterocycles. The fourth-order valence-electron chi connectivity index (χ4n) is 3.99. The number of nitrogens with zero attached hydrogens (tertiary/aromatic N) is 2. The highest BCUT2D eigenvalue weighted by Crippen LogP contribution is 2.27. The smallest absolute Gasteiger partial charge is 0.0991 e. The minimum Gasteiger partial charge on any atom is -0.306 e. The largest absolute Gasteiger partial charge is 0.306 e. The number of hydrogen-bond acceptors (Lipinski definition) is 1.